The molecule has 35 heavy (non-hydrogen) atoms. The third-order valence-corrected chi connectivity index (χ3v) is 8.78. The molecule has 2 aromatic carbocycles. The molecule has 2 fully saturated rings. The Morgan fingerprint density at radius 1 is 1.03 bits per heavy atom. The number of likely N-dealkylation sites (tertiary alicyclic amines) is 1. The number of likely N-dealkylation sites (N-methyl/N-ethyl adjacent to an activating group) is 1. The van der Waals surface area contributed by atoms with Gasteiger partial charge >= 0.3 is 6.03 Å². The number of carbonyl (C=O) groups excluding carboxylic acids is 2. The number of carbonyl (C=O) groups is 2. The number of thioether (sulfide) groups is 1. The second-order valence-corrected chi connectivity index (χ2v) is 10.8. The van der Waals surface area contributed by atoms with E-state index >= 15 is 0 Å². The number of hydrogen-bond donors (Lipinski definition) is 1. The largest absolute Gasteiger partial charge is 0.338 e. The van der Waals surface area contributed by atoms with E-state index < -0.39 is 0 Å². The fourth-order valence-electron chi connectivity index (χ4n) is 6.09. The first-order chi connectivity index (χ1) is 17.1. The summed E-state index contributed by atoms with van der Waals surface area (Å²) in [5.41, 5.74) is 3.28. The van der Waals surface area contributed by atoms with E-state index in [1.165, 1.54) is 10.5 Å². The maximum Gasteiger partial charge on any atom is 0.317 e. The summed E-state index contributed by atoms with van der Waals surface area (Å²) in [6, 6.07) is 17.5. The number of hydrogen-bond acceptors (Lipinski definition) is 4. The molecule has 2 saturated heterocycles. The standard InChI is InChI=1S/C28H36N4O2S/c1-30-26(24-6-3-4-7-25(24)27(30)33)23(20-8-10-22(35-2)11-9-20)14-19-31-17-12-21(13-18-31)32-16-5-15-29-28(32)34/h3-4,6-11,21,23,26H,5,12-19H2,1-2H3,(H,29,34)/t23-,26+/m0/s1. The van der Waals surface area contributed by atoms with Crippen LogP contribution in [0.2, 0.25) is 0 Å². The van der Waals surface area contributed by atoms with Crippen molar-refractivity contribution in [1.29, 1.82) is 0 Å². The summed E-state index contributed by atoms with van der Waals surface area (Å²) in [4.78, 5) is 33.1. The highest BCUT2D eigenvalue weighted by molar-refractivity contribution is 7.98. The Morgan fingerprint density at radius 3 is 2.49 bits per heavy atom. The van der Waals surface area contributed by atoms with Gasteiger partial charge in [-0.1, -0.05) is 30.3 Å². The van der Waals surface area contributed by atoms with Gasteiger partial charge in [0.1, 0.15) is 0 Å². The Labute approximate surface area is 213 Å². The van der Waals surface area contributed by atoms with Crippen LogP contribution in [-0.2, 0) is 0 Å². The molecule has 0 saturated carbocycles. The second kappa shape index (κ2) is 10.6. The summed E-state index contributed by atoms with van der Waals surface area (Å²) >= 11 is 1.75. The van der Waals surface area contributed by atoms with Crippen molar-refractivity contribution < 1.29 is 9.59 Å². The summed E-state index contributed by atoms with van der Waals surface area (Å²) in [6.07, 6.45) is 6.20. The van der Waals surface area contributed by atoms with E-state index in [2.05, 4.69) is 46.8 Å². The third-order valence-electron chi connectivity index (χ3n) is 8.04. The molecule has 0 aromatic heterocycles. The first kappa shape index (κ1) is 24.2. The minimum Gasteiger partial charge on any atom is -0.338 e. The van der Waals surface area contributed by atoms with Gasteiger partial charge in [0.15, 0.2) is 0 Å². The number of fused-ring (bicyclic) bond motifs is 1. The lowest BCUT2D eigenvalue weighted by Crippen LogP contribution is -2.54. The average Bonchev–Trinajstić information content (AvgIpc) is 3.15. The molecule has 6 nitrogen and oxygen atoms in total. The van der Waals surface area contributed by atoms with E-state index in [-0.39, 0.29) is 23.9 Å². The van der Waals surface area contributed by atoms with Gasteiger partial charge in [0.2, 0.25) is 0 Å². The molecule has 186 valence electrons. The fourth-order valence-corrected chi connectivity index (χ4v) is 6.50. The predicted molar refractivity (Wildman–Crippen MR) is 141 cm³/mol. The van der Waals surface area contributed by atoms with Crippen LogP contribution < -0.4 is 5.32 Å². The molecule has 0 spiro atoms. The van der Waals surface area contributed by atoms with Gasteiger partial charge in [-0.05, 0) is 67.8 Å². The van der Waals surface area contributed by atoms with Gasteiger partial charge in [-0.2, -0.15) is 0 Å². The summed E-state index contributed by atoms with van der Waals surface area (Å²) in [5, 5.41) is 2.99. The van der Waals surface area contributed by atoms with Crippen molar-refractivity contribution in [2.24, 2.45) is 0 Å². The summed E-state index contributed by atoms with van der Waals surface area (Å²) in [5.74, 6) is 0.353. The lowest BCUT2D eigenvalue weighted by molar-refractivity contribution is 0.0740. The lowest BCUT2D eigenvalue weighted by atomic mass is 9.84. The number of urea groups is 1. The molecular formula is C28H36N4O2S. The normalized spacial score (nSPS) is 22.3. The van der Waals surface area contributed by atoms with Crippen LogP contribution in [0.3, 0.4) is 0 Å². The van der Waals surface area contributed by atoms with E-state index in [0.29, 0.717) is 6.04 Å². The van der Waals surface area contributed by atoms with Crippen LogP contribution in [-0.4, -0.2) is 78.7 Å². The van der Waals surface area contributed by atoms with E-state index in [1.54, 1.807) is 11.8 Å². The number of rotatable bonds is 7. The fraction of sp³-hybridized carbons (Fsp3) is 0.500. The topological polar surface area (TPSA) is 55.9 Å². The van der Waals surface area contributed by atoms with E-state index in [0.717, 1.165) is 69.5 Å². The minimum absolute atomic E-state index is 0.0495. The van der Waals surface area contributed by atoms with E-state index in [9.17, 15) is 9.59 Å². The molecule has 3 aliphatic heterocycles. The number of amides is 3. The molecular weight excluding hydrogens is 456 g/mol. The molecule has 1 N–H and O–H groups in total. The van der Waals surface area contributed by atoms with Gasteiger partial charge < -0.3 is 20.0 Å². The van der Waals surface area contributed by atoms with Crippen LogP contribution in [0.4, 0.5) is 4.79 Å². The Hall–Kier alpha value is -2.51. The van der Waals surface area contributed by atoms with Crippen molar-refractivity contribution in [3.8, 4) is 0 Å². The molecule has 0 unspecified atom stereocenters. The predicted octanol–water partition coefficient (Wildman–Crippen LogP) is 4.59. The van der Waals surface area contributed by atoms with Crippen molar-refractivity contribution in [3.05, 3.63) is 65.2 Å². The molecule has 3 amide bonds. The Morgan fingerprint density at radius 2 is 1.77 bits per heavy atom. The van der Waals surface area contributed by atoms with Gasteiger partial charge in [-0.15, -0.1) is 11.8 Å². The molecule has 0 radical (unpaired) electrons. The van der Waals surface area contributed by atoms with E-state index in [1.807, 2.05) is 35.0 Å². The quantitative estimate of drug-likeness (QED) is 0.575. The zero-order valence-corrected chi connectivity index (χ0v) is 21.6. The van der Waals surface area contributed by atoms with Gasteiger partial charge in [-0.25, -0.2) is 4.79 Å². The maximum atomic E-state index is 13.0. The third kappa shape index (κ3) is 4.94. The first-order valence-electron chi connectivity index (χ1n) is 12.8. The monoisotopic (exact) mass is 492 g/mol. The summed E-state index contributed by atoms with van der Waals surface area (Å²) < 4.78 is 0. The van der Waals surface area contributed by atoms with Gasteiger partial charge in [0.05, 0.1) is 6.04 Å². The SMILES string of the molecule is CSc1ccc([C@H](CCN2CCC(N3CCCNC3=O)CC2)[C@@H]2c3ccccc3C(=O)N2C)cc1. The highest BCUT2D eigenvalue weighted by atomic mass is 32.2. The molecule has 0 bridgehead atoms. The Balaban J connectivity index is 1.30. The summed E-state index contributed by atoms with van der Waals surface area (Å²) in [7, 11) is 1.95. The molecule has 7 heteroatoms. The van der Waals surface area contributed by atoms with Gasteiger partial charge in [-0.3, -0.25) is 4.79 Å². The van der Waals surface area contributed by atoms with Crippen LogP contribution in [0.15, 0.2) is 53.4 Å². The molecule has 2 aromatic rings. The van der Waals surface area contributed by atoms with Crippen LogP contribution >= 0.6 is 11.8 Å². The molecule has 0 aliphatic carbocycles. The zero-order valence-electron chi connectivity index (χ0n) is 20.8. The second-order valence-electron chi connectivity index (χ2n) is 9.97. The van der Waals surface area contributed by atoms with E-state index in [4.69, 9.17) is 0 Å². The highest BCUT2D eigenvalue weighted by Gasteiger charge is 2.39. The number of piperidine rings is 1. The van der Waals surface area contributed by atoms with Crippen molar-refractivity contribution in [3.63, 3.8) is 0 Å². The van der Waals surface area contributed by atoms with Crippen molar-refractivity contribution >= 4 is 23.7 Å². The van der Waals surface area contributed by atoms with Crippen LogP contribution in [0.25, 0.3) is 0 Å². The minimum atomic E-state index is 0.0495. The van der Waals surface area contributed by atoms with Crippen molar-refractivity contribution in [2.45, 2.75) is 48.6 Å². The lowest BCUT2D eigenvalue weighted by Gasteiger charge is -2.40. The zero-order chi connectivity index (χ0) is 24.4. The highest BCUT2D eigenvalue weighted by Crippen LogP contribution is 2.44. The van der Waals surface area contributed by atoms with Crippen molar-refractivity contribution in [1.82, 2.24) is 20.0 Å². The van der Waals surface area contributed by atoms with Gasteiger partial charge in [0, 0.05) is 55.6 Å². The molecule has 3 aliphatic rings. The first-order valence-corrected chi connectivity index (χ1v) is 14.1. The number of benzene rings is 2. The van der Waals surface area contributed by atoms with Crippen LogP contribution in [0.1, 0.15) is 59.1 Å². The number of nitrogens with zero attached hydrogens (tertiary/aromatic N) is 3. The maximum absolute atomic E-state index is 13.0. The Bertz CT molecular complexity index is 1050. The molecule has 2 atom stereocenters. The summed E-state index contributed by atoms with van der Waals surface area (Å²) in [6.45, 7) is 4.71. The average molecular weight is 493 g/mol. The number of nitrogens with one attached hydrogen (secondary N) is 1. The Kier molecular flexibility index (Phi) is 7.35. The smallest absolute Gasteiger partial charge is 0.317 e. The molecule has 3 heterocycles. The van der Waals surface area contributed by atoms with Crippen LogP contribution in [0, 0.1) is 0 Å². The van der Waals surface area contributed by atoms with Crippen LogP contribution in [0.5, 0.6) is 0 Å². The van der Waals surface area contributed by atoms with Crippen molar-refractivity contribution in [2.75, 3.05) is 46.0 Å². The molecule has 5 rings (SSSR count). The van der Waals surface area contributed by atoms with Gasteiger partial charge in [0.25, 0.3) is 5.91 Å².